The molecule has 0 amide bonds. The summed E-state index contributed by atoms with van der Waals surface area (Å²) in [7, 11) is 2.05. The number of hydrogen-bond donors (Lipinski definition) is 1. The van der Waals surface area contributed by atoms with Crippen LogP contribution in [0.15, 0.2) is 53.0 Å². The molecule has 19 heavy (non-hydrogen) atoms. The third kappa shape index (κ3) is 3.89. The van der Waals surface area contributed by atoms with Crippen molar-refractivity contribution in [2.45, 2.75) is 0 Å². The van der Waals surface area contributed by atoms with E-state index in [4.69, 9.17) is 10.5 Å². The van der Waals surface area contributed by atoms with Crippen molar-refractivity contribution < 1.29 is 4.74 Å². The molecule has 0 aliphatic heterocycles. The molecule has 3 nitrogen and oxygen atoms in total. The summed E-state index contributed by atoms with van der Waals surface area (Å²) >= 11 is 3.37. The maximum absolute atomic E-state index is 5.88. The minimum atomic E-state index is 0.594. The molecule has 0 bridgehead atoms. The lowest BCUT2D eigenvalue weighted by atomic mass is 10.3. The number of rotatable bonds is 5. The van der Waals surface area contributed by atoms with E-state index in [1.165, 1.54) is 5.69 Å². The Kier molecular flexibility index (Phi) is 4.68. The van der Waals surface area contributed by atoms with Crippen LogP contribution in [0.4, 0.5) is 11.4 Å². The topological polar surface area (TPSA) is 38.5 Å². The van der Waals surface area contributed by atoms with E-state index in [9.17, 15) is 0 Å². The van der Waals surface area contributed by atoms with E-state index in [0.717, 1.165) is 16.8 Å². The first-order chi connectivity index (χ1) is 9.16. The van der Waals surface area contributed by atoms with E-state index in [-0.39, 0.29) is 0 Å². The average molecular weight is 321 g/mol. The average Bonchev–Trinajstić information content (AvgIpc) is 2.42. The molecule has 0 aliphatic rings. The molecular formula is C15H17BrN2O. The maximum Gasteiger partial charge on any atom is 0.142 e. The summed E-state index contributed by atoms with van der Waals surface area (Å²) in [4.78, 5) is 2.15. The molecule has 0 saturated carbocycles. The number of anilines is 2. The molecule has 2 aromatic carbocycles. The van der Waals surface area contributed by atoms with Gasteiger partial charge in [0.05, 0.1) is 12.2 Å². The molecule has 0 radical (unpaired) electrons. The smallest absolute Gasteiger partial charge is 0.142 e. The van der Waals surface area contributed by atoms with Crippen molar-refractivity contribution in [1.29, 1.82) is 0 Å². The molecule has 0 unspecified atom stereocenters. The number of nitrogens with zero attached hydrogens (tertiary/aromatic N) is 1. The van der Waals surface area contributed by atoms with Crippen molar-refractivity contribution in [3.8, 4) is 5.75 Å². The third-order valence-corrected chi connectivity index (χ3v) is 3.35. The quantitative estimate of drug-likeness (QED) is 0.856. The van der Waals surface area contributed by atoms with E-state index < -0.39 is 0 Å². The van der Waals surface area contributed by atoms with Crippen molar-refractivity contribution in [2.24, 2.45) is 0 Å². The molecular weight excluding hydrogens is 304 g/mol. The van der Waals surface area contributed by atoms with Gasteiger partial charge in [0.15, 0.2) is 0 Å². The third-order valence-electron chi connectivity index (χ3n) is 2.85. The largest absolute Gasteiger partial charge is 0.490 e. The number of hydrogen-bond acceptors (Lipinski definition) is 3. The van der Waals surface area contributed by atoms with E-state index >= 15 is 0 Å². The van der Waals surface area contributed by atoms with Gasteiger partial charge in [-0.15, -0.1) is 0 Å². The van der Waals surface area contributed by atoms with Gasteiger partial charge < -0.3 is 15.4 Å². The van der Waals surface area contributed by atoms with Crippen molar-refractivity contribution in [3.05, 3.63) is 53.0 Å². The van der Waals surface area contributed by atoms with Crippen LogP contribution in [-0.2, 0) is 0 Å². The first-order valence-electron chi connectivity index (χ1n) is 6.11. The minimum absolute atomic E-state index is 0.594. The van der Waals surface area contributed by atoms with Gasteiger partial charge in [0.2, 0.25) is 0 Å². The van der Waals surface area contributed by atoms with E-state index in [2.05, 4.69) is 33.0 Å². The van der Waals surface area contributed by atoms with Gasteiger partial charge in [-0.1, -0.05) is 34.1 Å². The summed E-state index contributed by atoms with van der Waals surface area (Å²) in [6.45, 7) is 1.40. The van der Waals surface area contributed by atoms with Crippen LogP contribution in [0.5, 0.6) is 5.75 Å². The fourth-order valence-corrected chi connectivity index (χ4v) is 2.13. The number of nitrogen functional groups attached to an aromatic ring is 1. The zero-order valence-electron chi connectivity index (χ0n) is 10.8. The number of para-hydroxylation sites is 1. The predicted molar refractivity (Wildman–Crippen MR) is 83.8 cm³/mol. The van der Waals surface area contributed by atoms with Crippen LogP contribution in [0, 0.1) is 0 Å². The summed E-state index contributed by atoms with van der Waals surface area (Å²) in [6.07, 6.45) is 0. The van der Waals surface area contributed by atoms with Crippen molar-refractivity contribution >= 4 is 27.3 Å². The molecule has 0 saturated heterocycles. The van der Waals surface area contributed by atoms with E-state index in [0.29, 0.717) is 12.3 Å². The van der Waals surface area contributed by atoms with Gasteiger partial charge in [0.25, 0.3) is 0 Å². The molecule has 100 valence electrons. The molecule has 2 aromatic rings. The highest BCUT2D eigenvalue weighted by atomic mass is 79.9. The van der Waals surface area contributed by atoms with Gasteiger partial charge >= 0.3 is 0 Å². The molecule has 0 aromatic heterocycles. The van der Waals surface area contributed by atoms with Crippen LogP contribution in [0.3, 0.4) is 0 Å². The van der Waals surface area contributed by atoms with Gasteiger partial charge in [-0.25, -0.2) is 0 Å². The van der Waals surface area contributed by atoms with Crippen LogP contribution in [-0.4, -0.2) is 20.2 Å². The summed E-state index contributed by atoms with van der Waals surface area (Å²) in [6, 6.07) is 15.9. The zero-order valence-corrected chi connectivity index (χ0v) is 12.4. The van der Waals surface area contributed by atoms with Gasteiger partial charge in [-0.05, 0) is 30.3 Å². The first-order valence-corrected chi connectivity index (χ1v) is 6.90. The van der Waals surface area contributed by atoms with Crippen molar-refractivity contribution in [1.82, 2.24) is 0 Å². The second-order valence-electron chi connectivity index (χ2n) is 4.29. The number of nitrogens with two attached hydrogens (primary N) is 1. The Balaban J connectivity index is 1.86. The molecule has 4 heteroatoms. The van der Waals surface area contributed by atoms with Crippen LogP contribution in [0.2, 0.25) is 0 Å². The minimum Gasteiger partial charge on any atom is -0.490 e. The second kappa shape index (κ2) is 6.48. The number of benzene rings is 2. The molecule has 2 rings (SSSR count). The predicted octanol–water partition coefficient (Wildman–Crippen LogP) is 3.55. The molecule has 0 atom stereocenters. The van der Waals surface area contributed by atoms with Crippen LogP contribution in [0.1, 0.15) is 0 Å². The molecule has 0 spiro atoms. The Morgan fingerprint density at radius 3 is 2.58 bits per heavy atom. The Labute approximate surface area is 122 Å². The molecule has 0 fully saturated rings. The number of ether oxygens (including phenoxy) is 1. The summed E-state index contributed by atoms with van der Waals surface area (Å²) in [5.41, 5.74) is 7.71. The lowest BCUT2D eigenvalue weighted by Crippen LogP contribution is -2.23. The maximum atomic E-state index is 5.88. The van der Waals surface area contributed by atoms with E-state index in [1.54, 1.807) is 0 Å². The summed E-state index contributed by atoms with van der Waals surface area (Å²) in [5, 5.41) is 0. The monoisotopic (exact) mass is 320 g/mol. The molecule has 0 heterocycles. The summed E-state index contributed by atoms with van der Waals surface area (Å²) < 4.78 is 6.65. The Hall–Kier alpha value is -1.68. The standard InChI is InChI=1S/C15H17BrN2O/c1-18(13-5-3-2-4-6-13)9-10-19-15-8-7-12(16)11-14(15)17/h2-8,11H,9-10,17H2,1H3. The molecule has 0 aliphatic carbocycles. The normalized spacial score (nSPS) is 10.2. The van der Waals surface area contributed by atoms with Crippen molar-refractivity contribution in [3.63, 3.8) is 0 Å². The highest BCUT2D eigenvalue weighted by Crippen LogP contribution is 2.25. The Morgan fingerprint density at radius 1 is 1.16 bits per heavy atom. The van der Waals surface area contributed by atoms with Crippen LogP contribution >= 0.6 is 15.9 Å². The lowest BCUT2D eigenvalue weighted by molar-refractivity contribution is 0.327. The van der Waals surface area contributed by atoms with Crippen LogP contribution < -0.4 is 15.4 Å². The fraction of sp³-hybridized carbons (Fsp3) is 0.200. The molecule has 2 N–H and O–H groups in total. The van der Waals surface area contributed by atoms with Crippen LogP contribution in [0.25, 0.3) is 0 Å². The van der Waals surface area contributed by atoms with E-state index in [1.807, 2.05) is 43.4 Å². The Morgan fingerprint density at radius 2 is 1.89 bits per heavy atom. The highest BCUT2D eigenvalue weighted by Gasteiger charge is 2.03. The van der Waals surface area contributed by atoms with Gasteiger partial charge in [0, 0.05) is 17.2 Å². The number of likely N-dealkylation sites (N-methyl/N-ethyl adjacent to an activating group) is 1. The first kappa shape index (κ1) is 13.7. The second-order valence-corrected chi connectivity index (χ2v) is 5.20. The Bertz CT molecular complexity index is 531. The van der Waals surface area contributed by atoms with Gasteiger partial charge in [-0.3, -0.25) is 0 Å². The lowest BCUT2D eigenvalue weighted by Gasteiger charge is -2.19. The van der Waals surface area contributed by atoms with Gasteiger partial charge in [0.1, 0.15) is 12.4 Å². The number of halogens is 1. The van der Waals surface area contributed by atoms with Crippen molar-refractivity contribution in [2.75, 3.05) is 30.8 Å². The zero-order chi connectivity index (χ0) is 13.7. The fourth-order valence-electron chi connectivity index (χ4n) is 1.75. The highest BCUT2D eigenvalue weighted by molar-refractivity contribution is 9.10. The SMILES string of the molecule is CN(CCOc1ccc(Br)cc1N)c1ccccc1. The summed E-state index contributed by atoms with van der Waals surface area (Å²) in [5.74, 6) is 0.727. The van der Waals surface area contributed by atoms with Gasteiger partial charge in [-0.2, -0.15) is 0 Å².